The minimum absolute atomic E-state index is 0.145. The number of aromatic nitrogens is 3. The van der Waals surface area contributed by atoms with E-state index in [0.717, 1.165) is 24.2 Å². The fourth-order valence-corrected chi connectivity index (χ4v) is 5.20. The molecule has 0 unspecified atom stereocenters. The third-order valence-corrected chi connectivity index (χ3v) is 7.34. The Hall–Kier alpha value is -3.37. The summed E-state index contributed by atoms with van der Waals surface area (Å²) in [5.41, 5.74) is 2.25. The van der Waals surface area contributed by atoms with Gasteiger partial charge in [-0.2, -0.15) is 9.40 Å². The molecule has 9 nitrogen and oxygen atoms in total. The standard InChI is InChI=1S/C23H24N4O5S/c1-16-13-17(2)27(25-16)22-10-7-19(14-24-22)23(29)32-15-21(28)18-5-8-20(9-6-18)33(30,31)26-11-3-4-12-26/h5-10,13-14H,3-4,11-12,15H2,1-2H3. The molecule has 0 amide bonds. The summed E-state index contributed by atoms with van der Waals surface area (Å²) in [5, 5.41) is 4.34. The van der Waals surface area contributed by atoms with Crippen LogP contribution in [0.25, 0.3) is 5.82 Å². The van der Waals surface area contributed by atoms with Crippen molar-refractivity contribution in [3.8, 4) is 5.82 Å². The highest BCUT2D eigenvalue weighted by atomic mass is 32.2. The molecule has 0 radical (unpaired) electrons. The lowest BCUT2D eigenvalue weighted by Gasteiger charge is -2.15. The zero-order valence-electron chi connectivity index (χ0n) is 18.4. The number of hydrogen-bond donors (Lipinski definition) is 0. The molecule has 2 aromatic heterocycles. The Morgan fingerprint density at radius 1 is 1.00 bits per heavy atom. The summed E-state index contributed by atoms with van der Waals surface area (Å²) in [6.07, 6.45) is 3.07. The zero-order chi connectivity index (χ0) is 23.6. The maximum Gasteiger partial charge on any atom is 0.340 e. The molecule has 172 valence electrons. The van der Waals surface area contributed by atoms with Crippen LogP contribution in [0.1, 0.15) is 44.9 Å². The summed E-state index contributed by atoms with van der Waals surface area (Å²) in [6.45, 7) is 4.35. The van der Waals surface area contributed by atoms with Gasteiger partial charge in [-0.25, -0.2) is 22.9 Å². The third kappa shape index (κ3) is 4.86. The Bertz CT molecular complexity index is 1280. The Kier molecular flexibility index (Phi) is 6.39. The molecule has 4 rings (SSSR count). The zero-order valence-corrected chi connectivity index (χ0v) is 19.2. The van der Waals surface area contributed by atoms with Crippen molar-refractivity contribution in [1.82, 2.24) is 19.1 Å². The van der Waals surface area contributed by atoms with Crippen molar-refractivity contribution in [1.29, 1.82) is 0 Å². The Labute approximate surface area is 192 Å². The largest absolute Gasteiger partial charge is 0.454 e. The monoisotopic (exact) mass is 468 g/mol. The topological polar surface area (TPSA) is 111 Å². The van der Waals surface area contributed by atoms with Gasteiger partial charge >= 0.3 is 5.97 Å². The summed E-state index contributed by atoms with van der Waals surface area (Å²) in [4.78, 5) is 29.1. The average molecular weight is 469 g/mol. The molecule has 10 heteroatoms. The molecule has 1 saturated heterocycles. The molecule has 3 heterocycles. The smallest absolute Gasteiger partial charge is 0.340 e. The average Bonchev–Trinajstić information content (AvgIpc) is 3.47. The number of nitrogens with zero attached hydrogens (tertiary/aromatic N) is 4. The molecule has 1 aliphatic heterocycles. The maximum absolute atomic E-state index is 12.6. The van der Waals surface area contributed by atoms with Crippen LogP contribution in [0, 0.1) is 13.8 Å². The molecular formula is C23H24N4O5S. The van der Waals surface area contributed by atoms with Crippen molar-refractivity contribution in [2.24, 2.45) is 0 Å². The summed E-state index contributed by atoms with van der Waals surface area (Å²) in [6, 6.07) is 10.8. The van der Waals surface area contributed by atoms with Gasteiger partial charge in [0.15, 0.2) is 18.2 Å². The Morgan fingerprint density at radius 3 is 2.24 bits per heavy atom. The molecular weight excluding hydrogens is 444 g/mol. The van der Waals surface area contributed by atoms with E-state index in [9.17, 15) is 18.0 Å². The van der Waals surface area contributed by atoms with Crippen LogP contribution in [0.4, 0.5) is 0 Å². The summed E-state index contributed by atoms with van der Waals surface area (Å²) in [7, 11) is -3.54. The highest BCUT2D eigenvalue weighted by Gasteiger charge is 2.27. The van der Waals surface area contributed by atoms with Gasteiger partial charge in [0.1, 0.15) is 0 Å². The van der Waals surface area contributed by atoms with E-state index in [1.54, 1.807) is 16.8 Å². The number of sulfonamides is 1. The maximum atomic E-state index is 12.6. The molecule has 0 N–H and O–H groups in total. The second-order valence-electron chi connectivity index (χ2n) is 7.88. The molecule has 0 spiro atoms. The first-order valence-corrected chi connectivity index (χ1v) is 12.0. The van der Waals surface area contributed by atoms with E-state index in [1.165, 1.54) is 34.8 Å². The number of ether oxygens (including phenoxy) is 1. The molecule has 0 aliphatic carbocycles. The van der Waals surface area contributed by atoms with Crippen LogP contribution < -0.4 is 0 Å². The minimum Gasteiger partial charge on any atom is -0.454 e. The van der Waals surface area contributed by atoms with Crippen molar-refractivity contribution in [3.63, 3.8) is 0 Å². The van der Waals surface area contributed by atoms with Crippen molar-refractivity contribution >= 4 is 21.8 Å². The highest BCUT2D eigenvalue weighted by Crippen LogP contribution is 2.21. The van der Waals surface area contributed by atoms with Crippen LogP contribution in [0.2, 0.25) is 0 Å². The second kappa shape index (κ2) is 9.24. The van der Waals surface area contributed by atoms with Crippen LogP contribution in [-0.2, 0) is 14.8 Å². The molecule has 0 bridgehead atoms. The Morgan fingerprint density at radius 2 is 1.67 bits per heavy atom. The van der Waals surface area contributed by atoms with E-state index >= 15 is 0 Å². The second-order valence-corrected chi connectivity index (χ2v) is 9.82. The number of ketones is 1. The first-order valence-electron chi connectivity index (χ1n) is 10.6. The fourth-order valence-electron chi connectivity index (χ4n) is 3.68. The molecule has 1 aromatic carbocycles. The van der Waals surface area contributed by atoms with E-state index in [2.05, 4.69) is 10.1 Å². The molecule has 0 atom stereocenters. The van der Waals surface area contributed by atoms with Gasteiger partial charge in [-0.05, 0) is 69.2 Å². The van der Waals surface area contributed by atoms with Crippen molar-refractivity contribution in [2.75, 3.05) is 19.7 Å². The van der Waals surface area contributed by atoms with Gasteiger partial charge in [0.2, 0.25) is 10.0 Å². The first-order chi connectivity index (χ1) is 15.8. The van der Waals surface area contributed by atoms with E-state index in [-0.39, 0.29) is 16.0 Å². The SMILES string of the molecule is Cc1cc(C)n(-c2ccc(C(=O)OCC(=O)c3ccc(S(=O)(=O)N4CCCC4)cc3)cn2)n1. The summed E-state index contributed by atoms with van der Waals surface area (Å²) in [5.74, 6) is -0.540. The van der Waals surface area contributed by atoms with E-state index in [1.807, 2.05) is 19.9 Å². The van der Waals surface area contributed by atoms with E-state index in [0.29, 0.717) is 18.9 Å². The number of aryl methyl sites for hydroxylation is 2. The molecule has 0 saturated carbocycles. The van der Waals surface area contributed by atoms with Gasteiger partial charge in [0.05, 0.1) is 16.2 Å². The molecule has 33 heavy (non-hydrogen) atoms. The van der Waals surface area contributed by atoms with Crippen LogP contribution >= 0.6 is 0 Å². The van der Waals surface area contributed by atoms with E-state index < -0.39 is 28.4 Å². The number of hydrogen-bond acceptors (Lipinski definition) is 7. The highest BCUT2D eigenvalue weighted by molar-refractivity contribution is 7.89. The van der Waals surface area contributed by atoms with Gasteiger partial charge in [-0.15, -0.1) is 0 Å². The van der Waals surface area contributed by atoms with Crippen molar-refractivity contribution in [2.45, 2.75) is 31.6 Å². The van der Waals surface area contributed by atoms with Crippen molar-refractivity contribution in [3.05, 3.63) is 71.2 Å². The number of benzene rings is 1. The third-order valence-electron chi connectivity index (χ3n) is 5.42. The van der Waals surface area contributed by atoms with Crippen LogP contribution in [-0.4, -0.2) is 58.9 Å². The number of rotatable bonds is 7. The predicted molar refractivity (Wildman–Crippen MR) is 120 cm³/mol. The van der Waals surface area contributed by atoms with Crippen LogP contribution in [0.15, 0.2) is 53.6 Å². The number of esters is 1. The van der Waals surface area contributed by atoms with Gasteiger partial charge in [-0.3, -0.25) is 4.79 Å². The lowest BCUT2D eigenvalue weighted by molar-refractivity contribution is 0.0474. The quantitative estimate of drug-likeness (QED) is 0.387. The molecule has 1 aliphatic rings. The number of pyridine rings is 1. The molecule has 3 aromatic rings. The number of Topliss-reactive ketones (excluding diaryl/α,β-unsaturated/α-hetero) is 1. The van der Waals surface area contributed by atoms with Crippen LogP contribution in [0.3, 0.4) is 0 Å². The van der Waals surface area contributed by atoms with Gasteiger partial charge < -0.3 is 4.74 Å². The van der Waals surface area contributed by atoms with Gasteiger partial charge in [-0.1, -0.05) is 0 Å². The van der Waals surface area contributed by atoms with Gasteiger partial charge in [0, 0.05) is 30.5 Å². The number of carbonyl (C=O) groups is 2. The van der Waals surface area contributed by atoms with Crippen molar-refractivity contribution < 1.29 is 22.7 Å². The predicted octanol–water partition coefficient (Wildman–Crippen LogP) is 2.71. The van der Waals surface area contributed by atoms with Crippen LogP contribution in [0.5, 0.6) is 0 Å². The summed E-state index contributed by atoms with van der Waals surface area (Å²) >= 11 is 0. The fraction of sp³-hybridized carbons (Fsp3) is 0.304. The number of carbonyl (C=O) groups excluding carboxylic acids is 2. The Balaban J connectivity index is 1.36. The van der Waals surface area contributed by atoms with Gasteiger partial charge in [0.25, 0.3) is 0 Å². The normalized spacial score (nSPS) is 14.4. The summed E-state index contributed by atoms with van der Waals surface area (Å²) < 4.78 is 33.4. The minimum atomic E-state index is -3.54. The first kappa shape index (κ1) is 22.8. The molecule has 1 fully saturated rings. The lowest BCUT2D eigenvalue weighted by atomic mass is 10.1. The lowest BCUT2D eigenvalue weighted by Crippen LogP contribution is -2.27. The van der Waals surface area contributed by atoms with E-state index in [4.69, 9.17) is 4.74 Å².